The van der Waals surface area contributed by atoms with Crippen LogP contribution in [0.3, 0.4) is 0 Å². The number of carbonyl (C=O) groups excluding carboxylic acids is 1. The van der Waals surface area contributed by atoms with Crippen molar-refractivity contribution in [3.05, 3.63) is 108 Å². The molecule has 4 aromatic rings. The number of aryl methyl sites for hydroxylation is 2. The van der Waals surface area contributed by atoms with Gasteiger partial charge < -0.3 is 5.32 Å². The van der Waals surface area contributed by atoms with E-state index >= 15 is 0 Å². The van der Waals surface area contributed by atoms with E-state index in [0.29, 0.717) is 12.1 Å². The van der Waals surface area contributed by atoms with E-state index in [-0.39, 0.29) is 5.91 Å². The highest BCUT2D eigenvalue weighted by atomic mass is 16.1. The molecule has 2 aromatic heterocycles. The number of amides is 1. The van der Waals surface area contributed by atoms with Crippen LogP contribution in [-0.2, 0) is 6.54 Å². The van der Waals surface area contributed by atoms with E-state index in [1.807, 2.05) is 67.6 Å². The molecule has 0 radical (unpaired) electrons. The van der Waals surface area contributed by atoms with Crippen molar-refractivity contribution in [3.8, 4) is 22.4 Å². The van der Waals surface area contributed by atoms with Gasteiger partial charge in [-0.15, -0.1) is 0 Å². The third kappa shape index (κ3) is 4.44. The second kappa shape index (κ2) is 8.70. The Kier molecular flexibility index (Phi) is 5.66. The lowest BCUT2D eigenvalue weighted by molar-refractivity contribution is 0.0951. The van der Waals surface area contributed by atoms with Crippen LogP contribution in [0.4, 0.5) is 0 Å². The molecule has 0 fully saturated rings. The summed E-state index contributed by atoms with van der Waals surface area (Å²) < 4.78 is 0. The zero-order chi connectivity index (χ0) is 20.9. The number of benzene rings is 2. The van der Waals surface area contributed by atoms with Gasteiger partial charge >= 0.3 is 0 Å². The minimum atomic E-state index is -0.0971. The summed E-state index contributed by atoms with van der Waals surface area (Å²) in [5.74, 6) is -0.0971. The minimum Gasteiger partial charge on any atom is -0.348 e. The Morgan fingerprint density at radius 2 is 1.67 bits per heavy atom. The van der Waals surface area contributed by atoms with Gasteiger partial charge in [-0.2, -0.15) is 0 Å². The highest BCUT2D eigenvalue weighted by molar-refractivity contribution is 5.94. The third-order valence-electron chi connectivity index (χ3n) is 5.07. The van der Waals surface area contributed by atoms with Crippen LogP contribution >= 0.6 is 0 Å². The number of nitrogens with zero attached hydrogens (tertiary/aromatic N) is 2. The maximum atomic E-state index is 12.5. The summed E-state index contributed by atoms with van der Waals surface area (Å²) in [6.45, 7) is 4.48. The van der Waals surface area contributed by atoms with Gasteiger partial charge in [0.25, 0.3) is 5.91 Å². The molecule has 2 heterocycles. The normalized spacial score (nSPS) is 10.6. The Balaban J connectivity index is 1.39. The van der Waals surface area contributed by atoms with Crippen LogP contribution in [0.1, 0.15) is 27.2 Å². The second-order valence-electron chi connectivity index (χ2n) is 7.31. The Morgan fingerprint density at radius 3 is 2.37 bits per heavy atom. The molecule has 4 nitrogen and oxygen atoms in total. The van der Waals surface area contributed by atoms with Crippen molar-refractivity contribution in [2.24, 2.45) is 0 Å². The van der Waals surface area contributed by atoms with Crippen LogP contribution in [0.2, 0.25) is 0 Å². The molecule has 30 heavy (non-hydrogen) atoms. The summed E-state index contributed by atoms with van der Waals surface area (Å²) in [5.41, 5.74) is 7.98. The second-order valence-corrected chi connectivity index (χ2v) is 7.31. The van der Waals surface area contributed by atoms with Crippen molar-refractivity contribution in [1.29, 1.82) is 0 Å². The molecule has 2 aromatic carbocycles. The van der Waals surface area contributed by atoms with E-state index in [4.69, 9.17) is 0 Å². The molecular weight excluding hydrogens is 370 g/mol. The van der Waals surface area contributed by atoms with Crippen molar-refractivity contribution >= 4 is 5.91 Å². The maximum Gasteiger partial charge on any atom is 0.251 e. The molecule has 1 N–H and O–H groups in total. The fourth-order valence-electron chi connectivity index (χ4n) is 3.39. The van der Waals surface area contributed by atoms with Gasteiger partial charge in [0, 0.05) is 35.8 Å². The van der Waals surface area contributed by atoms with Gasteiger partial charge in [-0.3, -0.25) is 14.8 Å². The molecule has 1 amide bonds. The van der Waals surface area contributed by atoms with Gasteiger partial charge in [-0.25, -0.2) is 0 Å². The molecule has 0 aliphatic rings. The standard InChI is InChI=1S/C26H23N3O/c1-18-5-3-4-6-24(18)21-8-10-22(11-9-21)26(30)29-17-20-7-12-25(28-16-20)23-13-14-27-19(2)15-23/h3-16H,17H2,1-2H3,(H,29,30). The van der Waals surface area contributed by atoms with Crippen LogP contribution in [0.15, 0.2) is 85.2 Å². The molecule has 0 atom stereocenters. The summed E-state index contributed by atoms with van der Waals surface area (Å²) in [6, 6.07) is 23.8. The lowest BCUT2D eigenvalue weighted by Gasteiger charge is -2.09. The molecule has 0 unspecified atom stereocenters. The Bertz CT molecular complexity index is 1170. The third-order valence-corrected chi connectivity index (χ3v) is 5.07. The highest BCUT2D eigenvalue weighted by Gasteiger charge is 2.08. The smallest absolute Gasteiger partial charge is 0.251 e. The summed E-state index contributed by atoms with van der Waals surface area (Å²) in [7, 11) is 0. The largest absolute Gasteiger partial charge is 0.348 e. The molecule has 0 aliphatic heterocycles. The summed E-state index contributed by atoms with van der Waals surface area (Å²) in [5, 5.41) is 2.97. The number of carbonyl (C=O) groups is 1. The van der Waals surface area contributed by atoms with E-state index in [1.54, 1.807) is 12.4 Å². The zero-order valence-electron chi connectivity index (χ0n) is 17.1. The van der Waals surface area contributed by atoms with Crippen molar-refractivity contribution < 1.29 is 4.79 Å². The number of pyridine rings is 2. The highest BCUT2D eigenvalue weighted by Crippen LogP contribution is 2.23. The summed E-state index contributed by atoms with van der Waals surface area (Å²) in [6.07, 6.45) is 3.58. The molecule has 4 heteroatoms. The monoisotopic (exact) mass is 393 g/mol. The molecular formula is C26H23N3O. The molecule has 0 aliphatic carbocycles. The molecule has 0 saturated carbocycles. The van der Waals surface area contributed by atoms with Gasteiger partial charge in [0.2, 0.25) is 0 Å². The lowest BCUT2D eigenvalue weighted by atomic mass is 9.99. The van der Waals surface area contributed by atoms with E-state index < -0.39 is 0 Å². The fourth-order valence-corrected chi connectivity index (χ4v) is 3.39. The first-order chi connectivity index (χ1) is 14.6. The Hall–Kier alpha value is -3.79. The van der Waals surface area contributed by atoms with Crippen LogP contribution < -0.4 is 5.32 Å². The van der Waals surface area contributed by atoms with Crippen molar-refractivity contribution in [2.45, 2.75) is 20.4 Å². The molecule has 0 spiro atoms. The summed E-state index contributed by atoms with van der Waals surface area (Å²) >= 11 is 0. The predicted molar refractivity (Wildman–Crippen MR) is 120 cm³/mol. The average molecular weight is 393 g/mol. The first-order valence-electron chi connectivity index (χ1n) is 9.92. The van der Waals surface area contributed by atoms with Gasteiger partial charge in [0.05, 0.1) is 5.69 Å². The van der Waals surface area contributed by atoms with Crippen LogP contribution in [0, 0.1) is 13.8 Å². The van der Waals surface area contributed by atoms with Gasteiger partial charge in [-0.05, 0) is 66.4 Å². The number of hydrogen-bond acceptors (Lipinski definition) is 3. The topological polar surface area (TPSA) is 54.9 Å². The maximum absolute atomic E-state index is 12.5. The van der Waals surface area contributed by atoms with Crippen molar-refractivity contribution in [3.63, 3.8) is 0 Å². The first-order valence-corrected chi connectivity index (χ1v) is 9.92. The minimum absolute atomic E-state index is 0.0971. The Labute approximate surface area is 176 Å². The Morgan fingerprint density at radius 1 is 0.867 bits per heavy atom. The fraction of sp³-hybridized carbons (Fsp3) is 0.115. The number of rotatable bonds is 5. The SMILES string of the molecule is Cc1cc(-c2ccc(CNC(=O)c3ccc(-c4ccccc4C)cc3)cn2)ccn1. The van der Waals surface area contributed by atoms with Crippen molar-refractivity contribution in [2.75, 3.05) is 0 Å². The molecule has 4 rings (SSSR count). The van der Waals surface area contributed by atoms with Gasteiger partial charge in [0.1, 0.15) is 0 Å². The lowest BCUT2D eigenvalue weighted by Crippen LogP contribution is -2.22. The van der Waals surface area contributed by atoms with Crippen LogP contribution in [0.5, 0.6) is 0 Å². The molecule has 0 saturated heterocycles. The predicted octanol–water partition coefficient (Wildman–Crippen LogP) is 5.36. The van der Waals surface area contributed by atoms with E-state index in [2.05, 4.69) is 34.3 Å². The zero-order valence-corrected chi connectivity index (χ0v) is 17.1. The average Bonchev–Trinajstić information content (AvgIpc) is 2.78. The summed E-state index contributed by atoms with van der Waals surface area (Å²) in [4.78, 5) is 21.2. The van der Waals surface area contributed by atoms with E-state index in [9.17, 15) is 4.79 Å². The van der Waals surface area contributed by atoms with Gasteiger partial charge in [0.15, 0.2) is 0 Å². The van der Waals surface area contributed by atoms with Crippen LogP contribution in [0.25, 0.3) is 22.4 Å². The first kappa shape index (κ1) is 19.5. The quantitative estimate of drug-likeness (QED) is 0.497. The number of hydrogen-bond donors (Lipinski definition) is 1. The van der Waals surface area contributed by atoms with E-state index in [0.717, 1.165) is 28.1 Å². The van der Waals surface area contributed by atoms with Gasteiger partial charge in [-0.1, -0.05) is 42.5 Å². The van der Waals surface area contributed by atoms with Crippen LogP contribution in [-0.4, -0.2) is 15.9 Å². The number of aromatic nitrogens is 2. The molecule has 148 valence electrons. The van der Waals surface area contributed by atoms with E-state index in [1.165, 1.54) is 11.1 Å². The number of nitrogens with one attached hydrogen (secondary N) is 1. The molecule has 0 bridgehead atoms. The van der Waals surface area contributed by atoms with Crippen molar-refractivity contribution in [1.82, 2.24) is 15.3 Å².